The van der Waals surface area contributed by atoms with E-state index in [1.54, 1.807) is 0 Å². The molecule has 1 aromatic rings. The van der Waals surface area contributed by atoms with Crippen molar-refractivity contribution in [2.24, 2.45) is 0 Å². The highest BCUT2D eigenvalue weighted by Gasteiger charge is 2.10. The van der Waals surface area contributed by atoms with Crippen molar-refractivity contribution in [3.05, 3.63) is 29.3 Å². The second-order valence-electron chi connectivity index (χ2n) is 4.07. The maximum Gasteiger partial charge on any atom is 0.150 e. The zero-order chi connectivity index (χ0) is 12.1. The van der Waals surface area contributed by atoms with Crippen LogP contribution in [0.4, 0.5) is 5.69 Å². The first-order chi connectivity index (χ1) is 7.60. The van der Waals surface area contributed by atoms with Gasteiger partial charge in [0.1, 0.15) is 6.29 Å². The fourth-order valence-corrected chi connectivity index (χ4v) is 2.32. The minimum absolute atomic E-state index is 0.497. The van der Waals surface area contributed by atoms with Crippen molar-refractivity contribution in [3.8, 4) is 0 Å². The molecule has 3 heteroatoms. The van der Waals surface area contributed by atoms with Crippen LogP contribution < -0.4 is 4.90 Å². The number of hydrogen-bond acceptors (Lipinski definition) is 3. The molecule has 0 spiro atoms. The van der Waals surface area contributed by atoms with E-state index in [2.05, 4.69) is 31.2 Å². The van der Waals surface area contributed by atoms with Gasteiger partial charge in [-0.1, -0.05) is 0 Å². The van der Waals surface area contributed by atoms with Crippen LogP contribution in [0.3, 0.4) is 0 Å². The van der Waals surface area contributed by atoms with Crippen LogP contribution in [0.15, 0.2) is 18.2 Å². The lowest BCUT2D eigenvalue weighted by Gasteiger charge is -2.27. The zero-order valence-corrected chi connectivity index (χ0v) is 11.2. The molecule has 0 aliphatic rings. The lowest BCUT2D eigenvalue weighted by atomic mass is 10.1. The second kappa shape index (κ2) is 5.94. The predicted octanol–water partition coefficient (Wildman–Crippen LogP) is 3.00. The average Bonchev–Trinajstić information content (AvgIpc) is 2.28. The largest absolute Gasteiger partial charge is 0.371 e. The van der Waals surface area contributed by atoms with Gasteiger partial charge in [-0.15, -0.1) is 0 Å². The van der Waals surface area contributed by atoms with E-state index >= 15 is 0 Å². The van der Waals surface area contributed by atoms with Gasteiger partial charge in [-0.25, -0.2) is 0 Å². The van der Waals surface area contributed by atoms with Crippen LogP contribution >= 0.6 is 11.8 Å². The number of aldehydes is 1. The topological polar surface area (TPSA) is 20.3 Å². The molecule has 0 radical (unpaired) electrons. The molecule has 0 aromatic heterocycles. The average molecular weight is 237 g/mol. The lowest BCUT2D eigenvalue weighted by Crippen LogP contribution is -2.30. The van der Waals surface area contributed by atoms with Crippen LogP contribution in [0.5, 0.6) is 0 Å². The summed E-state index contributed by atoms with van der Waals surface area (Å²) in [7, 11) is 2.09. The van der Waals surface area contributed by atoms with Crippen molar-refractivity contribution in [3.63, 3.8) is 0 Å². The Kier molecular flexibility index (Phi) is 4.87. The molecule has 0 N–H and O–H groups in total. The van der Waals surface area contributed by atoms with Crippen molar-refractivity contribution >= 4 is 23.7 Å². The summed E-state index contributed by atoms with van der Waals surface area (Å²) in [5, 5.41) is 0. The van der Waals surface area contributed by atoms with E-state index in [9.17, 15) is 4.79 Å². The third-order valence-electron chi connectivity index (χ3n) is 2.86. The van der Waals surface area contributed by atoms with Gasteiger partial charge in [-0.2, -0.15) is 11.8 Å². The normalized spacial score (nSPS) is 12.2. The molecule has 16 heavy (non-hydrogen) atoms. The molecule has 0 saturated carbocycles. The van der Waals surface area contributed by atoms with Gasteiger partial charge in [0.25, 0.3) is 0 Å². The maximum atomic E-state index is 10.7. The summed E-state index contributed by atoms with van der Waals surface area (Å²) in [5.41, 5.74) is 2.98. The van der Waals surface area contributed by atoms with E-state index in [1.807, 2.05) is 30.8 Å². The lowest BCUT2D eigenvalue weighted by molar-refractivity contribution is 0.112. The van der Waals surface area contributed by atoms with Crippen molar-refractivity contribution in [2.75, 3.05) is 24.0 Å². The highest BCUT2D eigenvalue weighted by Crippen LogP contribution is 2.20. The summed E-state index contributed by atoms with van der Waals surface area (Å²) in [4.78, 5) is 13.0. The van der Waals surface area contributed by atoms with Crippen LogP contribution in [0.1, 0.15) is 22.8 Å². The van der Waals surface area contributed by atoms with Crippen LogP contribution in [0.25, 0.3) is 0 Å². The van der Waals surface area contributed by atoms with Crippen LogP contribution in [-0.2, 0) is 0 Å². The first-order valence-electron chi connectivity index (χ1n) is 5.37. The highest BCUT2D eigenvalue weighted by molar-refractivity contribution is 7.98. The summed E-state index contributed by atoms with van der Waals surface area (Å²) >= 11 is 1.85. The smallest absolute Gasteiger partial charge is 0.150 e. The highest BCUT2D eigenvalue weighted by atomic mass is 32.2. The number of carbonyl (C=O) groups excluding carboxylic acids is 1. The molecule has 1 aromatic carbocycles. The SMILES string of the molecule is CSCC(C)N(C)c1ccc(C=O)c(C)c1. The molecule has 0 bridgehead atoms. The number of rotatable bonds is 5. The van der Waals surface area contributed by atoms with Gasteiger partial charge in [0.2, 0.25) is 0 Å². The Morgan fingerprint density at radius 1 is 1.50 bits per heavy atom. The first-order valence-corrected chi connectivity index (χ1v) is 6.77. The Morgan fingerprint density at radius 2 is 2.19 bits per heavy atom. The summed E-state index contributed by atoms with van der Waals surface area (Å²) < 4.78 is 0. The number of thioether (sulfide) groups is 1. The molecular formula is C13H19NOS. The molecule has 0 aliphatic carbocycles. The van der Waals surface area contributed by atoms with Gasteiger partial charge in [0, 0.05) is 30.1 Å². The minimum atomic E-state index is 0.497. The van der Waals surface area contributed by atoms with Crippen molar-refractivity contribution < 1.29 is 4.79 Å². The number of nitrogens with zero attached hydrogens (tertiary/aromatic N) is 1. The van der Waals surface area contributed by atoms with Gasteiger partial charge in [-0.05, 0) is 43.9 Å². The monoisotopic (exact) mass is 237 g/mol. The minimum Gasteiger partial charge on any atom is -0.371 e. The first kappa shape index (κ1) is 13.1. The second-order valence-corrected chi connectivity index (χ2v) is 4.98. The molecule has 88 valence electrons. The molecule has 0 saturated heterocycles. The molecule has 0 heterocycles. The Labute approximate surface area is 102 Å². The summed E-state index contributed by atoms with van der Waals surface area (Å²) in [6, 6.07) is 6.46. The molecule has 1 rings (SSSR count). The third-order valence-corrected chi connectivity index (χ3v) is 3.67. The van der Waals surface area contributed by atoms with Crippen molar-refractivity contribution in [2.45, 2.75) is 19.9 Å². The molecule has 1 atom stereocenters. The van der Waals surface area contributed by atoms with E-state index in [0.29, 0.717) is 6.04 Å². The molecule has 0 amide bonds. The molecule has 1 unspecified atom stereocenters. The number of benzene rings is 1. The quantitative estimate of drug-likeness (QED) is 0.734. The van der Waals surface area contributed by atoms with E-state index in [0.717, 1.165) is 23.2 Å². The Bertz CT molecular complexity index is 365. The number of aryl methyl sites for hydroxylation is 1. The fraction of sp³-hybridized carbons (Fsp3) is 0.462. The number of carbonyl (C=O) groups is 1. The number of anilines is 1. The van der Waals surface area contributed by atoms with Gasteiger partial charge >= 0.3 is 0 Å². The molecular weight excluding hydrogens is 218 g/mol. The van der Waals surface area contributed by atoms with Gasteiger partial charge < -0.3 is 4.90 Å². The van der Waals surface area contributed by atoms with Crippen molar-refractivity contribution in [1.82, 2.24) is 0 Å². The van der Waals surface area contributed by atoms with E-state index < -0.39 is 0 Å². The summed E-state index contributed by atoms with van der Waals surface area (Å²) in [6.45, 7) is 4.18. The van der Waals surface area contributed by atoms with E-state index in [1.165, 1.54) is 5.69 Å². The van der Waals surface area contributed by atoms with Gasteiger partial charge in [0.05, 0.1) is 0 Å². The van der Waals surface area contributed by atoms with Crippen LogP contribution in [0.2, 0.25) is 0 Å². The van der Waals surface area contributed by atoms with Crippen LogP contribution in [-0.4, -0.2) is 31.4 Å². The third kappa shape index (κ3) is 3.01. The standard InChI is InChI=1S/C13H19NOS/c1-10-7-13(6-5-12(10)8-15)14(3)11(2)9-16-4/h5-8,11H,9H2,1-4H3. The fourth-order valence-electron chi connectivity index (χ4n) is 1.62. The van der Waals surface area contributed by atoms with Gasteiger partial charge in [0.15, 0.2) is 0 Å². The number of hydrogen-bond donors (Lipinski definition) is 0. The summed E-state index contributed by atoms with van der Waals surface area (Å²) in [6.07, 6.45) is 3.02. The Balaban J connectivity index is 2.88. The van der Waals surface area contributed by atoms with E-state index in [4.69, 9.17) is 0 Å². The molecule has 2 nitrogen and oxygen atoms in total. The van der Waals surface area contributed by atoms with Crippen molar-refractivity contribution in [1.29, 1.82) is 0 Å². The Hall–Kier alpha value is -0.960. The Morgan fingerprint density at radius 3 is 2.69 bits per heavy atom. The molecule has 0 aliphatic heterocycles. The summed E-state index contributed by atoms with van der Waals surface area (Å²) in [5.74, 6) is 1.10. The van der Waals surface area contributed by atoms with Crippen LogP contribution in [0, 0.1) is 6.92 Å². The zero-order valence-electron chi connectivity index (χ0n) is 10.4. The predicted molar refractivity (Wildman–Crippen MR) is 72.8 cm³/mol. The van der Waals surface area contributed by atoms with Gasteiger partial charge in [-0.3, -0.25) is 4.79 Å². The van der Waals surface area contributed by atoms with E-state index in [-0.39, 0.29) is 0 Å². The maximum absolute atomic E-state index is 10.7. The molecule has 0 fully saturated rings.